The van der Waals surface area contributed by atoms with Gasteiger partial charge in [-0.25, -0.2) is 0 Å². The predicted molar refractivity (Wildman–Crippen MR) is 65.6 cm³/mol. The van der Waals surface area contributed by atoms with Gasteiger partial charge in [0.15, 0.2) is 0 Å². The molecular formula is C12H17OP. The van der Waals surface area contributed by atoms with Crippen LogP contribution in [-0.4, -0.2) is 6.61 Å². The van der Waals surface area contributed by atoms with E-state index in [0.29, 0.717) is 0 Å². The molecule has 76 valence electrons. The summed E-state index contributed by atoms with van der Waals surface area (Å²) in [4.78, 5) is 0. The highest BCUT2D eigenvalue weighted by Crippen LogP contribution is 2.28. The van der Waals surface area contributed by atoms with E-state index in [2.05, 4.69) is 22.7 Å². The average Bonchev–Trinajstić information content (AvgIpc) is 2.19. The van der Waals surface area contributed by atoms with Crippen LogP contribution in [0.4, 0.5) is 0 Å². The molecule has 1 rings (SSSR count). The van der Waals surface area contributed by atoms with E-state index in [4.69, 9.17) is 4.74 Å². The molecule has 0 N–H and O–H groups in total. The van der Waals surface area contributed by atoms with Gasteiger partial charge in [-0.2, -0.15) is 0 Å². The molecule has 0 aliphatic carbocycles. The quantitative estimate of drug-likeness (QED) is 0.529. The first-order valence-corrected chi connectivity index (χ1v) is 5.50. The van der Waals surface area contributed by atoms with Crippen molar-refractivity contribution in [1.29, 1.82) is 0 Å². The normalized spacial score (nSPS) is 9.86. The van der Waals surface area contributed by atoms with Crippen LogP contribution in [0.15, 0.2) is 30.8 Å². The Hall–Kier alpha value is -0.810. The van der Waals surface area contributed by atoms with Crippen LogP contribution < -0.4 is 4.74 Å². The molecule has 1 atom stereocenters. The maximum absolute atomic E-state index is 5.66. The van der Waals surface area contributed by atoms with Crippen molar-refractivity contribution in [3.63, 3.8) is 0 Å². The number of hydrogen-bond acceptors (Lipinski definition) is 1. The Kier molecular flexibility index (Phi) is 4.69. The molecule has 0 fully saturated rings. The molecule has 0 aromatic heterocycles. The zero-order valence-electron chi connectivity index (χ0n) is 8.62. The van der Waals surface area contributed by atoms with Gasteiger partial charge >= 0.3 is 0 Å². The van der Waals surface area contributed by atoms with Crippen molar-refractivity contribution in [3.05, 3.63) is 36.4 Å². The highest BCUT2D eigenvalue weighted by atomic mass is 31.0. The fourth-order valence-electron chi connectivity index (χ4n) is 1.18. The van der Waals surface area contributed by atoms with Crippen LogP contribution >= 0.6 is 9.24 Å². The number of para-hydroxylation sites is 1. The second kappa shape index (κ2) is 5.82. The molecule has 1 nitrogen and oxygen atoms in total. The van der Waals surface area contributed by atoms with Gasteiger partial charge in [0.2, 0.25) is 0 Å². The molecule has 1 unspecified atom stereocenters. The Bertz CT molecular complexity index is 307. The van der Waals surface area contributed by atoms with E-state index in [1.165, 1.54) is 0 Å². The molecule has 1 aromatic rings. The third kappa shape index (κ3) is 3.16. The lowest BCUT2D eigenvalue weighted by atomic mass is 10.2. The van der Waals surface area contributed by atoms with Crippen LogP contribution in [0.25, 0.3) is 5.31 Å². The molecule has 0 spiro atoms. The minimum atomic E-state index is 0.783. The van der Waals surface area contributed by atoms with Crippen LogP contribution in [0, 0.1) is 0 Å². The van der Waals surface area contributed by atoms with Gasteiger partial charge in [0, 0.05) is 5.56 Å². The second-order valence-corrected chi connectivity index (χ2v) is 3.92. The summed E-state index contributed by atoms with van der Waals surface area (Å²) >= 11 is 0. The highest BCUT2D eigenvalue weighted by molar-refractivity contribution is 7.31. The maximum atomic E-state index is 5.66. The number of rotatable bonds is 5. The van der Waals surface area contributed by atoms with Crippen LogP contribution in [-0.2, 0) is 0 Å². The Labute approximate surface area is 88.4 Å². The van der Waals surface area contributed by atoms with Crippen molar-refractivity contribution >= 4 is 14.6 Å². The monoisotopic (exact) mass is 208 g/mol. The minimum Gasteiger partial charge on any atom is -0.493 e. The molecule has 2 heteroatoms. The minimum absolute atomic E-state index is 0.783. The Morgan fingerprint density at radius 3 is 2.79 bits per heavy atom. The smallest absolute Gasteiger partial charge is 0.127 e. The average molecular weight is 208 g/mol. The van der Waals surface area contributed by atoms with Gasteiger partial charge in [0.05, 0.1) is 6.61 Å². The standard InChI is InChI=1S/C12H17OP/c1-3-4-9-13-12-8-6-5-7-11(12)10(2)14/h5-8H,2-4,9,14H2,1H3. The molecule has 0 saturated heterocycles. The topological polar surface area (TPSA) is 9.23 Å². The van der Waals surface area contributed by atoms with E-state index in [0.717, 1.165) is 36.1 Å². The van der Waals surface area contributed by atoms with Crippen molar-refractivity contribution in [2.75, 3.05) is 6.61 Å². The van der Waals surface area contributed by atoms with Gasteiger partial charge < -0.3 is 4.74 Å². The number of hydrogen-bond donors (Lipinski definition) is 0. The summed E-state index contributed by atoms with van der Waals surface area (Å²) in [5, 5.41) is 0.970. The Morgan fingerprint density at radius 2 is 2.14 bits per heavy atom. The van der Waals surface area contributed by atoms with Gasteiger partial charge in [-0.15, -0.1) is 9.24 Å². The molecule has 0 amide bonds. The number of ether oxygens (including phenoxy) is 1. The summed E-state index contributed by atoms with van der Waals surface area (Å²) in [6, 6.07) is 7.99. The number of benzene rings is 1. The molecule has 0 radical (unpaired) electrons. The predicted octanol–water partition coefficient (Wildman–Crippen LogP) is 3.71. The zero-order chi connectivity index (χ0) is 10.4. The van der Waals surface area contributed by atoms with E-state index in [1.807, 2.05) is 24.3 Å². The van der Waals surface area contributed by atoms with Crippen LogP contribution in [0.1, 0.15) is 25.3 Å². The fraction of sp³-hybridized carbons (Fsp3) is 0.333. The molecule has 0 bridgehead atoms. The summed E-state index contributed by atoms with van der Waals surface area (Å²) in [5.74, 6) is 0.931. The van der Waals surface area contributed by atoms with Crippen molar-refractivity contribution in [2.45, 2.75) is 19.8 Å². The van der Waals surface area contributed by atoms with Gasteiger partial charge in [-0.05, 0) is 17.8 Å². The van der Waals surface area contributed by atoms with E-state index >= 15 is 0 Å². The Balaban J connectivity index is 2.69. The number of unbranched alkanes of at least 4 members (excludes halogenated alkanes) is 1. The summed E-state index contributed by atoms with van der Waals surface area (Å²) < 4.78 is 5.66. The molecule has 0 aliphatic heterocycles. The van der Waals surface area contributed by atoms with Crippen molar-refractivity contribution in [2.24, 2.45) is 0 Å². The molecule has 0 heterocycles. The second-order valence-electron chi connectivity index (χ2n) is 3.22. The molecule has 1 aromatic carbocycles. The summed E-state index contributed by atoms with van der Waals surface area (Å²) in [5.41, 5.74) is 1.08. The summed E-state index contributed by atoms with van der Waals surface area (Å²) in [7, 11) is 2.61. The fourth-order valence-corrected chi connectivity index (χ4v) is 1.42. The first kappa shape index (κ1) is 11.3. The molecule has 0 aliphatic rings. The maximum Gasteiger partial charge on any atom is 0.127 e. The first-order valence-electron chi connectivity index (χ1n) is 4.92. The van der Waals surface area contributed by atoms with Gasteiger partial charge in [0.1, 0.15) is 5.75 Å². The summed E-state index contributed by atoms with van der Waals surface area (Å²) in [6.45, 7) is 6.84. The van der Waals surface area contributed by atoms with Crippen LogP contribution in [0.5, 0.6) is 5.75 Å². The SMILES string of the molecule is C=C(P)c1ccccc1OCCCC. The highest BCUT2D eigenvalue weighted by Gasteiger charge is 2.02. The molecule has 14 heavy (non-hydrogen) atoms. The van der Waals surface area contributed by atoms with Crippen molar-refractivity contribution in [3.8, 4) is 5.75 Å². The van der Waals surface area contributed by atoms with E-state index in [9.17, 15) is 0 Å². The van der Waals surface area contributed by atoms with Crippen molar-refractivity contribution < 1.29 is 4.74 Å². The van der Waals surface area contributed by atoms with Gasteiger partial charge in [-0.1, -0.05) is 38.1 Å². The largest absolute Gasteiger partial charge is 0.493 e. The third-order valence-electron chi connectivity index (χ3n) is 1.99. The lowest BCUT2D eigenvalue weighted by molar-refractivity contribution is 0.308. The third-order valence-corrected chi connectivity index (χ3v) is 2.30. The zero-order valence-corrected chi connectivity index (χ0v) is 9.78. The summed E-state index contributed by atoms with van der Waals surface area (Å²) in [6.07, 6.45) is 2.25. The van der Waals surface area contributed by atoms with E-state index in [-0.39, 0.29) is 0 Å². The van der Waals surface area contributed by atoms with Gasteiger partial charge in [0.25, 0.3) is 0 Å². The van der Waals surface area contributed by atoms with E-state index in [1.54, 1.807) is 0 Å². The molecule has 0 saturated carbocycles. The van der Waals surface area contributed by atoms with Gasteiger partial charge in [-0.3, -0.25) is 0 Å². The Morgan fingerprint density at radius 1 is 1.43 bits per heavy atom. The van der Waals surface area contributed by atoms with Crippen LogP contribution in [0.3, 0.4) is 0 Å². The van der Waals surface area contributed by atoms with E-state index < -0.39 is 0 Å². The van der Waals surface area contributed by atoms with Crippen molar-refractivity contribution in [1.82, 2.24) is 0 Å². The lowest BCUT2D eigenvalue weighted by Gasteiger charge is -2.10. The lowest BCUT2D eigenvalue weighted by Crippen LogP contribution is -1.98. The molecular weight excluding hydrogens is 191 g/mol. The van der Waals surface area contributed by atoms with Crippen LogP contribution in [0.2, 0.25) is 0 Å². The first-order chi connectivity index (χ1) is 6.75.